The van der Waals surface area contributed by atoms with Crippen LogP contribution in [-0.4, -0.2) is 41.4 Å². The molecule has 2 atom stereocenters. The third kappa shape index (κ3) is 4.64. The Balaban J connectivity index is 2.76. The van der Waals surface area contributed by atoms with Crippen LogP contribution in [0.4, 0.5) is 0 Å². The van der Waals surface area contributed by atoms with E-state index in [1.807, 2.05) is 25.7 Å². The zero-order valence-corrected chi connectivity index (χ0v) is 12.9. The summed E-state index contributed by atoms with van der Waals surface area (Å²) in [5, 5.41) is 0. The van der Waals surface area contributed by atoms with Crippen molar-refractivity contribution in [1.29, 1.82) is 0 Å². The number of carbonyl (C=O) groups excluding carboxylic acids is 2. The Labute approximate surface area is 121 Å². The predicted molar refractivity (Wildman–Crippen MR) is 78.1 cm³/mol. The SMILES string of the molecule is C#CC(=O)C1CC(C(=O)OC(C)(C)C)N(CCCC)C1. The summed E-state index contributed by atoms with van der Waals surface area (Å²) in [4.78, 5) is 26.0. The average molecular weight is 279 g/mol. The van der Waals surface area contributed by atoms with Crippen molar-refractivity contribution < 1.29 is 14.3 Å². The fourth-order valence-electron chi connectivity index (χ4n) is 2.43. The number of carbonyl (C=O) groups is 2. The number of ether oxygens (including phenoxy) is 1. The summed E-state index contributed by atoms with van der Waals surface area (Å²) in [7, 11) is 0. The largest absolute Gasteiger partial charge is 0.459 e. The molecule has 0 aromatic carbocycles. The van der Waals surface area contributed by atoms with Crippen molar-refractivity contribution in [2.24, 2.45) is 5.92 Å². The molecule has 0 bridgehead atoms. The van der Waals surface area contributed by atoms with Crippen LogP contribution in [0.15, 0.2) is 0 Å². The van der Waals surface area contributed by atoms with Gasteiger partial charge in [0.2, 0.25) is 5.78 Å². The van der Waals surface area contributed by atoms with Crippen molar-refractivity contribution >= 4 is 11.8 Å². The van der Waals surface area contributed by atoms with Gasteiger partial charge in [0.25, 0.3) is 0 Å². The summed E-state index contributed by atoms with van der Waals surface area (Å²) >= 11 is 0. The van der Waals surface area contributed by atoms with Crippen LogP contribution in [0, 0.1) is 18.3 Å². The molecule has 2 unspecified atom stereocenters. The van der Waals surface area contributed by atoms with E-state index >= 15 is 0 Å². The molecule has 4 nitrogen and oxygen atoms in total. The molecule has 1 aliphatic rings. The van der Waals surface area contributed by atoms with Crippen LogP contribution in [-0.2, 0) is 14.3 Å². The minimum atomic E-state index is -0.512. The van der Waals surface area contributed by atoms with Gasteiger partial charge in [0.05, 0.1) is 0 Å². The van der Waals surface area contributed by atoms with Crippen LogP contribution in [0.5, 0.6) is 0 Å². The molecular formula is C16H25NO3. The third-order valence-corrected chi connectivity index (χ3v) is 3.39. The lowest BCUT2D eigenvalue weighted by Gasteiger charge is -2.27. The van der Waals surface area contributed by atoms with Gasteiger partial charge in [-0.2, -0.15) is 0 Å². The number of hydrogen-bond acceptors (Lipinski definition) is 4. The summed E-state index contributed by atoms with van der Waals surface area (Å²) in [6.45, 7) is 9.01. The molecule has 1 heterocycles. The summed E-state index contributed by atoms with van der Waals surface area (Å²) in [6.07, 6.45) is 7.70. The number of terminal acetylenes is 1. The summed E-state index contributed by atoms with van der Waals surface area (Å²) in [6, 6.07) is -0.344. The minimum Gasteiger partial charge on any atom is -0.459 e. The molecule has 0 amide bonds. The van der Waals surface area contributed by atoms with Crippen LogP contribution in [0.2, 0.25) is 0 Å². The van der Waals surface area contributed by atoms with E-state index in [-0.39, 0.29) is 23.7 Å². The van der Waals surface area contributed by atoms with Crippen molar-refractivity contribution in [3.8, 4) is 12.3 Å². The first-order chi connectivity index (χ1) is 9.28. The van der Waals surface area contributed by atoms with Crippen molar-refractivity contribution in [2.45, 2.75) is 58.6 Å². The van der Waals surface area contributed by atoms with E-state index in [0.29, 0.717) is 13.0 Å². The number of hydrogen-bond donors (Lipinski definition) is 0. The number of rotatable bonds is 5. The quantitative estimate of drug-likeness (QED) is 0.439. The number of ketones is 1. The Bertz CT molecular complexity index is 403. The van der Waals surface area contributed by atoms with E-state index in [2.05, 4.69) is 12.8 Å². The number of Topliss-reactive ketones (excluding diaryl/α,β-unsaturated/α-hetero) is 1. The van der Waals surface area contributed by atoms with Crippen molar-refractivity contribution in [3.63, 3.8) is 0 Å². The molecule has 112 valence electrons. The normalized spacial score (nSPS) is 23.4. The van der Waals surface area contributed by atoms with Gasteiger partial charge in [-0.05, 0) is 46.1 Å². The Kier molecular flexibility index (Phi) is 5.76. The molecule has 0 aromatic heterocycles. The van der Waals surface area contributed by atoms with Crippen molar-refractivity contribution in [3.05, 3.63) is 0 Å². The Morgan fingerprint density at radius 3 is 2.55 bits per heavy atom. The highest BCUT2D eigenvalue weighted by molar-refractivity contribution is 5.97. The van der Waals surface area contributed by atoms with Crippen molar-refractivity contribution in [1.82, 2.24) is 4.90 Å². The molecule has 1 fully saturated rings. The molecule has 0 N–H and O–H groups in total. The first-order valence-electron chi connectivity index (χ1n) is 7.26. The van der Waals surface area contributed by atoms with E-state index in [1.165, 1.54) is 0 Å². The van der Waals surface area contributed by atoms with Crippen LogP contribution in [0.1, 0.15) is 47.0 Å². The third-order valence-electron chi connectivity index (χ3n) is 3.39. The molecular weight excluding hydrogens is 254 g/mol. The smallest absolute Gasteiger partial charge is 0.323 e. The highest BCUT2D eigenvalue weighted by Gasteiger charge is 2.40. The second-order valence-corrected chi connectivity index (χ2v) is 6.34. The lowest BCUT2D eigenvalue weighted by Crippen LogP contribution is -2.40. The van der Waals surface area contributed by atoms with Gasteiger partial charge >= 0.3 is 5.97 Å². The van der Waals surface area contributed by atoms with E-state index in [0.717, 1.165) is 19.4 Å². The van der Waals surface area contributed by atoms with E-state index in [9.17, 15) is 9.59 Å². The zero-order valence-electron chi connectivity index (χ0n) is 12.9. The average Bonchev–Trinajstić information content (AvgIpc) is 2.77. The number of nitrogens with zero attached hydrogens (tertiary/aromatic N) is 1. The van der Waals surface area contributed by atoms with Crippen LogP contribution in [0.25, 0.3) is 0 Å². The molecule has 20 heavy (non-hydrogen) atoms. The monoisotopic (exact) mass is 279 g/mol. The highest BCUT2D eigenvalue weighted by atomic mass is 16.6. The van der Waals surface area contributed by atoms with Gasteiger partial charge in [-0.1, -0.05) is 13.3 Å². The van der Waals surface area contributed by atoms with Crippen molar-refractivity contribution in [2.75, 3.05) is 13.1 Å². The molecule has 1 aliphatic heterocycles. The minimum absolute atomic E-state index is 0.211. The maximum absolute atomic E-state index is 12.3. The molecule has 0 radical (unpaired) electrons. The Hall–Kier alpha value is -1.34. The van der Waals surface area contributed by atoms with Gasteiger partial charge in [0.15, 0.2) is 0 Å². The summed E-state index contributed by atoms with van der Waals surface area (Å²) in [5.74, 6) is 1.47. The second-order valence-electron chi connectivity index (χ2n) is 6.34. The number of esters is 1. The number of likely N-dealkylation sites (tertiary alicyclic amines) is 1. The zero-order chi connectivity index (χ0) is 15.3. The van der Waals surface area contributed by atoms with Gasteiger partial charge in [0.1, 0.15) is 11.6 Å². The van der Waals surface area contributed by atoms with Gasteiger partial charge in [-0.25, -0.2) is 0 Å². The molecule has 0 saturated carbocycles. The van der Waals surface area contributed by atoms with Gasteiger partial charge in [0, 0.05) is 12.5 Å². The summed E-state index contributed by atoms with van der Waals surface area (Å²) in [5.41, 5.74) is -0.512. The van der Waals surface area contributed by atoms with E-state index < -0.39 is 5.60 Å². The first kappa shape index (κ1) is 16.7. The van der Waals surface area contributed by atoms with Gasteiger partial charge < -0.3 is 4.74 Å². The van der Waals surface area contributed by atoms with Crippen LogP contribution in [0.3, 0.4) is 0 Å². The fourth-order valence-corrected chi connectivity index (χ4v) is 2.43. The Morgan fingerprint density at radius 1 is 1.40 bits per heavy atom. The fraction of sp³-hybridized carbons (Fsp3) is 0.750. The molecule has 1 saturated heterocycles. The lowest BCUT2D eigenvalue weighted by atomic mass is 10.0. The first-order valence-corrected chi connectivity index (χ1v) is 7.26. The maximum atomic E-state index is 12.3. The summed E-state index contributed by atoms with van der Waals surface area (Å²) < 4.78 is 5.45. The van der Waals surface area contributed by atoms with E-state index in [4.69, 9.17) is 11.2 Å². The van der Waals surface area contributed by atoms with E-state index in [1.54, 1.807) is 0 Å². The number of unbranched alkanes of at least 4 members (excludes halogenated alkanes) is 1. The van der Waals surface area contributed by atoms with Gasteiger partial charge in [-0.3, -0.25) is 14.5 Å². The molecule has 0 aliphatic carbocycles. The Morgan fingerprint density at radius 2 is 2.05 bits per heavy atom. The lowest BCUT2D eigenvalue weighted by molar-refractivity contribution is -0.160. The second kappa shape index (κ2) is 6.90. The van der Waals surface area contributed by atoms with Crippen LogP contribution >= 0.6 is 0 Å². The van der Waals surface area contributed by atoms with Crippen LogP contribution < -0.4 is 0 Å². The molecule has 0 aromatic rings. The standard InChI is InChI=1S/C16H25NO3/c1-6-8-9-17-11-12(14(18)7-2)10-13(17)15(19)20-16(3,4)5/h2,12-13H,6,8-11H2,1,3-5H3. The molecule has 1 rings (SSSR count). The topological polar surface area (TPSA) is 46.6 Å². The molecule has 0 spiro atoms. The predicted octanol–water partition coefficient (Wildman–Crippen LogP) is 2.02. The highest BCUT2D eigenvalue weighted by Crippen LogP contribution is 2.26. The van der Waals surface area contributed by atoms with Gasteiger partial charge in [-0.15, -0.1) is 6.42 Å². The molecule has 4 heteroatoms. The maximum Gasteiger partial charge on any atom is 0.323 e.